The van der Waals surface area contributed by atoms with E-state index in [4.69, 9.17) is 14.0 Å². The third-order valence-corrected chi connectivity index (χ3v) is 3.43. The Hall–Kier alpha value is -1.76. The van der Waals surface area contributed by atoms with Crippen molar-refractivity contribution in [3.63, 3.8) is 0 Å². The van der Waals surface area contributed by atoms with E-state index in [0.29, 0.717) is 24.9 Å². The molecule has 1 atom stereocenters. The zero-order chi connectivity index (χ0) is 14.5. The maximum Gasteiger partial charge on any atom is 0.257 e. The molecular weight excluding hydrogens is 270 g/mol. The molecule has 0 N–H and O–H groups in total. The summed E-state index contributed by atoms with van der Waals surface area (Å²) in [4.78, 5) is 6.65. The minimum atomic E-state index is -0.166. The van der Waals surface area contributed by atoms with Gasteiger partial charge >= 0.3 is 0 Å². The molecule has 2 aromatic rings. The molecule has 0 amide bonds. The number of aromatic nitrogens is 2. The lowest BCUT2D eigenvalue weighted by atomic mass is 10.2. The molecule has 6 nitrogen and oxygen atoms in total. The monoisotopic (exact) mass is 289 g/mol. The number of methoxy groups -OCH3 is 1. The van der Waals surface area contributed by atoms with Crippen molar-refractivity contribution in [3.8, 4) is 0 Å². The van der Waals surface area contributed by atoms with Crippen LogP contribution in [0.25, 0.3) is 0 Å². The first kappa shape index (κ1) is 14.2. The van der Waals surface area contributed by atoms with Gasteiger partial charge in [-0.3, -0.25) is 4.90 Å². The van der Waals surface area contributed by atoms with Crippen LogP contribution in [-0.2, 0) is 22.6 Å². The number of morpholine rings is 1. The standard InChI is InChI=1S/C15H19N3O3/c1-19-11-14-16-15(21-17-14)13-10-18(7-8-20-13)9-12-5-3-2-4-6-12/h2-6,13H,7-11H2,1H3/t13-/m1/s1. The van der Waals surface area contributed by atoms with Crippen LogP contribution in [-0.4, -0.2) is 41.8 Å². The molecule has 0 unspecified atom stereocenters. The summed E-state index contributed by atoms with van der Waals surface area (Å²) in [7, 11) is 1.61. The quantitative estimate of drug-likeness (QED) is 0.836. The van der Waals surface area contributed by atoms with Crippen LogP contribution in [0.1, 0.15) is 23.4 Å². The predicted octanol–water partition coefficient (Wildman–Crippen LogP) is 1.79. The third kappa shape index (κ3) is 3.66. The smallest absolute Gasteiger partial charge is 0.257 e. The van der Waals surface area contributed by atoms with Gasteiger partial charge in [0.05, 0.1) is 6.61 Å². The molecule has 6 heteroatoms. The molecule has 112 valence electrons. The molecule has 1 saturated heterocycles. The highest BCUT2D eigenvalue weighted by Gasteiger charge is 2.26. The van der Waals surface area contributed by atoms with Gasteiger partial charge in [-0.1, -0.05) is 35.5 Å². The number of hydrogen-bond donors (Lipinski definition) is 0. The third-order valence-electron chi connectivity index (χ3n) is 3.43. The summed E-state index contributed by atoms with van der Waals surface area (Å²) in [5.74, 6) is 1.08. The second-order valence-electron chi connectivity index (χ2n) is 5.06. The van der Waals surface area contributed by atoms with Crippen molar-refractivity contribution in [2.75, 3.05) is 26.8 Å². The average molecular weight is 289 g/mol. The fourth-order valence-corrected chi connectivity index (χ4v) is 2.42. The molecule has 1 aliphatic heterocycles. The van der Waals surface area contributed by atoms with Gasteiger partial charge in [-0.2, -0.15) is 4.98 Å². The molecule has 0 spiro atoms. The van der Waals surface area contributed by atoms with E-state index in [1.54, 1.807) is 7.11 Å². The van der Waals surface area contributed by atoms with Crippen LogP contribution in [0.5, 0.6) is 0 Å². The molecule has 3 rings (SSSR count). The Morgan fingerprint density at radius 3 is 3.00 bits per heavy atom. The zero-order valence-corrected chi connectivity index (χ0v) is 12.1. The molecule has 1 aliphatic rings. The fraction of sp³-hybridized carbons (Fsp3) is 0.467. The highest BCUT2D eigenvalue weighted by atomic mass is 16.5. The van der Waals surface area contributed by atoms with E-state index in [-0.39, 0.29) is 6.10 Å². The summed E-state index contributed by atoms with van der Waals surface area (Å²) in [6.07, 6.45) is -0.166. The molecule has 0 saturated carbocycles. The zero-order valence-electron chi connectivity index (χ0n) is 12.1. The van der Waals surface area contributed by atoms with Gasteiger partial charge in [-0.15, -0.1) is 0 Å². The van der Waals surface area contributed by atoms with Crippen molar-refractivity contribution in [1.82, 2.24) is 15.0 Å². The Balaban J connectivity index is 1.62. The van der Waals surface area contributed by atoms with E-state index in [1.165, 1.54) is 5.56 Å². The van der Waals surface area contributed by atoms with E-state index >= 15 is 0 Å². The summed E-state index contributed by atoms with van der Waals surface area (Å²) in [6.45, 7) is 3.58. The largest absolute Gasteiger partial charge is 0.377 e. The van der Waals surface area contributed by atoms with Gasteiger partial charge in [-0.05, 0) is 5.56 Å². The number of ether oxygens (including phenoxy) is 2. The van der Waals surface area contributed by atoms with Crippen LogP contribution >= 0.6 is 0 Å². The van der Waals surface area contributed by atoms with Crippen LogP contribution in [0.3, 0.4) is 0 Å². The minimum Gasteiger partial charge on any atom is -0.377 e. The van der Waals surface area contributed by atoms with Crippen LogP contribution < -0.4 is 0 Å². The highest BCUT2D eigenvalue weighted by Crippen LogP contribution is 2.22. The first-order valence-electron chi connectivity index (χ1n) is 7.04. The van der Waals surface area contributed by atoms with Crippen molar-refractivity contribution in [2.24, 2.45) is 0 Å². The fourth-order valence-electron chi connectivity index (χ4n) is 2.42. The van der Waals surface area contributed by atoms with Gasteiger partial charge in [0.1, 0.15) is 12.7 Å². The summed E-state index contributed by atoms with van der Waals surface area (Å²) < 4.78 is 16.0. The number of rotatable bonds is 5. The summed E-state index contributed by atoms with van der Waals surface area (Å²) in [6, 6.07) is 10.4. The Morgan fingerprint density at radius 2 is 2.19 bits per heavy atom. The van der Waals surface area contributed by atoms with E-state index in [9.17, 15) is 0 Å². The van der Waals surface area contributed by atoms with Crippen LogP contribution in [0.15, 0.2) is 34.9 Å². The van der Waals surface area contributed by atoms with Crippen molar-refractivity contribution in [2.45, 2.75) is 19.3 Å². The van der Waals surface area contributed by atoms with Crippen LogP contribution in [0.2, 0.25) is 0 Å². The SMILES string of the molecule is COCc1noc([C@H]2CN(Cc3ccccc3)CCO2)n1. The van der Waals surface area contributed by atoms with Gasteiger partial charge in [0, 0.05) is 26.7 Å². The second-order valence-corrected chi connectivity index (χ2v) is 5.06. The van der Waals surface area contributed by atoms with Gasteiger partial charge in [0.2, 0.25) is 0 Å². The second kappa shape index (κ2) is 6.80. The van der Waals surface area contributed by atoms with E-state index in [0.717, 1.165) is 19.6 Å². The van der Waals surface area contributed by atoms with Crippen molar-refractivity contribution in [1.29, 1.82) is 0 Å². The highest BCUT2D eigenvalue weighted by molar-refractivity contribution is 5.14. The van der Waals surface area contributed by atoms with Gasteiger partial charge in [-0.25, -0.2) is 0 Å². The first-order valence-corrected chi connectivity index (χ1v) is 7.04. The maximum atomic E-state index is 5.74. The Kier molecular flexibility index (Phi) is 4.59. The lowest BCUT2D eigenvalue weighted by Gasteiger charge is -2.31. The topological polar surface area (TPSA) is 60.6 Å². The van der Waals surface area contributed by atoms with E-state index in [1.807, 2.05) is 6.07 Å². The van der Waals surface area contributed by atoms with Crippen molar-refractivity contribution >= 4 is 0 Å². The van der Waals surface area contributed by atoms with Crippen molar-refractivity contribution < 1.29 is 14.0 Å². The number of nitrogens with zero attached hydrogens (tertiary/aromatic N) is 3. The molecule has 0 aliphatic carbocycles. The maximum absolute atomic E-state index is 5.74. The molecule has 1 fully saturated rings. The van der Waals surface area contributed by atoms with Gasteiger partial charge < -0.3 is 14.0 Å². The van der Waals surface area contributed by atoms with Crippen molar-refractivity contribution in [3.05, 3.63) is 47.6 Å². The summed E-state index contributed by atoms with van der Waals surface area (Å²) in [5, 5.41) is 3.88. The molecule has 1 aromatic carbocycles. The van der Waals surface area contributed by atoms with Gasteiger partial charge in [0.25, 0.3) is 5.89 Å². The predicted molar refractivity (Wildman–Crippen MR) is 75.4 cm³/mol. The van der Waals surface area contributed by atoms with Gasteiger partial charge in [0.15, 0.2) is 5.82 Å². The number of benzene rings is 1. The molecule has 1 aromatic heterocycles. The summed E-state index contributed by atoms with van der Waals surface area (Å²) in [5.41, 5.74) is 1.30. The molecule has 0 radical (unpaired) electrons. The van der Waals surface area contributed by atoms with Crippen LogP contribution in [0, 0.1) is 0 Å². The molecular formula is C15H19N3O3. The minimum absolute atomic E-state index is 0.166. The lowest BCUT2D eigenvalue weighted by molar-refractivity contribution is -0.0475. The average Bonchev–Trinajstić information content (AvgIpc) is 2.98. The molecule has 2 heterocycles. The number of hydrogen-bond acceptors (Lipinski definition) is 6. The normalized spacial score (nSPS) is 19.8. The lowest BCUT2D eigenvalue weighted by Crippen LogP contribution is -2.37. The van der Waals surface area contributed by atoms with E-state index < -0.39 is 0 Å². The van der Waals surface area contributed by atoms with E-state index in [2.05, 4.69) is 39.3 Å². The first-order chi connectivity index (χ1) is 10.3. The Bertz CT molecular complexity index is 558. The Morgan fingerprint density at radius 1 is 1.33 bits per heavy atom. The Labute approximate surface area is 123 Å². The molecule has 21 heavy (non-hydrogen) atoms. The summed E-state index contributed by atoms with van der Waals surface area (Å²) >= 11 is 0. The molecule has 0 bridgehead atoms. The van der Waals surface area contributed by atoms with Crippen LogP contribution in [0.4, 0.5) is 0 Å².